The fourth-order valence-electron chi connectivity index (χ4n) is 2.64. The van der Waals surface area contributed by atoms with Gasteiger partial charge in [-0.05, 0) is 32.3 Å². The number of allylic oxidation sites excluding steroid dienone is 1. The highest BCUT2D eigenvalue weighted by Gasteiger charge is 2.48. The Bertz CT molecular complexity index is 449. The van der Waals surface area contributed by atoms with Gasteiger partial charge in [-0.15, -0.1) is 0 Å². The Morgan fingerprint density at radius 1 is 1.44 bits per heavy atom. The molecule has 0 amide bonds. The third kappa shape index (κ3) is 1.46. The highest BCUT2D eigenvalue weighted by atomic mass is 14.5. The van der Waals surface area contributed by atoms with E-state index in [9.17, 15) is 5.26 Å². The van der Waals surface area contributed by atoms with Gasteiger partial charge in [0.1, 0.15) is 0 Å². The van der Waals surface area contributed by atoms with Crippen molar-refractivity contribution in [3.63, 3.8) is 0 Å². The lowest BCUT2D eigenvalue weighted by atomic mass is 9.55. The quantitative estimate of drug-likeness (QED) is 0.683. The van der Waals surface area contributed by atoms with Gasteiger partial charge in [-0.1, -0.05) is 42.0 Å². The maximum absolute atomic E-state index is 9.49. The van der Waals surface area contributed by atoms with Crippen LogP contribution in [0.1, 0.15) is 30.9 Å². The first kappa shape index (κ1) is 11.0. The van der Waals surface area contributed by atoms with Crippen molar-refractivity contribution in [3.05, 3.63) is 47.5 Å². The summed E-state index contributed by atoms with van der Waals surface area (Å²) in [6.07, 6.45) is 2.06. The van der Waals surface area contributed by atoms with Crippen molar-refractivity contribution in [3.8, 4) is 6.07 Å². The van der Waals surface area contributed by atoms with Crippen molar-refractivity contribution >= 4 is 0 Å². The van der Waals surface area contributed by atoms with Crippen LogP contribution in [0.4, 0.5) is 0 Å². The highest BCUT2D eigenvalue weighted by Crippen LogP contribution is 2.51. The summed E-state index contributed by atoms with van der Waals surface area (Å²) in [4.78, 5) is 0. The third-order valence-electron chi connectivity index (χ3n) is 3.78. The van der Waals surface area contributed by atoms with Crippen LogP contribution in [0.2, 0.25) is 0 Å². The molecule has 1 aliphatic carbocycles. The Labute approximate surface area is 97.4 Å². The van der Waals surface area contributed by atoms with Crippen LogP contribution < -0.4 is 0 Å². The molecule has 1 saturated carbocycles. The molecule has 1 nitrogen and oxygen atoms in total. The third-order valence-corrected chi connectivity index (χ3v) is 3.78. The first-order valence-electron chi connectivity index (χ1n) is 5.74. The monoisotopic (exact) mass is 211 g/mol. The summed E-state index contributed by atoms with van der Waals surface area (Å²) in [6.45, 7) is 8.11. The number of nitrogens with zero attached hydrogens (tertiary/aromatic N) is 1. The molecular formula is C15H17N. The first-order valence-corrected chi connectivity index (χ1v) is 5.74. The van der Waals surface area contributed by atoms with Crippen LogP contribution in [-0.4, -0.2) is 0 Å². The van der Waals surface area contributed by atoms with E-state index in [4.69, 9.17) is 0 Å². The van der Waals surface area contributed by atoms with Crippen molar-refractivity contribution < 1.29 is 0 Å². The van der Waals surface area contributed by atoms with E-state index in [2.05, 4.69) is 43.8 Å². The van der Waals surface area contributed by atoms with E-state index in [-0.39, 0.29) is 5.41 Å². The molecule has 0 bridgehead atoms. The SMILES string of the molecule is C=C(C)[C@@H]1CC[C@]1(C#N)c1ccc(C)cc1. The van der Waals surface area contributed by atoms with E-state index in [0.29, 0.717) is 5.92 Å². The molecule has 1 aromatic carbocycles. The zero-order valence-electron chi connectivity index (χ0n) is 9.96. The summed E-state index contributed by atoms with van der Waals surface area (Å²) in [5.41, 5.74) is 3.22. The molecule has 0 heterocycles. The van der Waals surface area contributed by atoms with Crippen molar-refractivity contribution in [2.45, 2.75) is 32.1 Å². The molecule has 0 aromatic heterocycles. The van der Waals surface area contributed by atoms with Gasteiger partial charge in [-0.3, -0.25) is 0 Å². The molecule has 0 spiro atoms. The van der Waals surface area contributed by atoms with Gasteiger partial charge in [0.15, 0.2) is 0 Å². The van der Waals surface area contributed by atoms with Crippen LogP contribution in [0, 0.1) is 24.2 Å². The molecule has 0 radical (unpaired) electrons. The number of benzene rings is 1. The minimum Gasteiger partial charge on any atom is -0.197 e. The molecule has 1 heteroatoms. The van der Waals surface area contributed by atoms with Crippen molar-refractivity contribution in [2.75, 3.05) is 0 Å². The number of nitriles is 1. The normalized spacial score (nSPS) is 27.9. The Balaban J connectivity index is 2.40. The van der Waals surface area contributed by atoms with Crippen molar-refractivity contribution in [2.24, 2.45) is 5.92 Å². The molecule has 2 rings (SSSR count). The first-order chi connectivity index (χ1) is 7.60. The van der Waals surface area contributed by atoms with Crippen LogP contribution in [0.5, 0.6) is 0 Å². The molecule has 0 unspecified atom stereocenters. The number of rotatable bonds is 2. The summed E-state index contributed by atoms with van der Waals surface area (Å²) < 4.78 is 0. The van der Waals surface area contributed by atoms with E-state index in [0.717, 1.165) is 24.0 Å². The van der Waals surface area contributed by atoms with E-state index in [1.807, 2.05) is 6.92 Å². The summed E-state index contributed by atoms with van der Waals surface area (Å²) in [5.74, 6) is 0.334. The van der Waals surface area contributed by atoms with Gasteiger partial charge in [0.25, 0.3) is 0 Å². The number of hydrogen-bond acceptors (Lipinski definition) is 1. The predicted molar refractivity (Wildman–Crippen MR) is 66.0 cm³/mol. The van der Waals surface area contributed by atoms with Crippen molar-refractivity contribution in [1.82, 2.24) is 0 Å². The summed E-state index contributed by atoms with van der Waals surface area (Å²) in [6, 6.07) is 10.9. The topological polar surface area (TPSA) is 23.8 Å². The lowest BCUT2D eigenvalue weighted by molar-refractivity contribution is 0.219. The van der Waals surface area contributed by atoms with Gasteiger partial charge in [-0.25, -0.2) is 0 Å². The second kappa shape index (κ2) is 3.79. The van der Waals surface area contributed by atoms with E-state index in [1.165, 1.54) is 5.56 Å². The molecule has 0 N–H and O–H groups in total. The average Bonchev–Trinajstić information content (AvgIpc) is 2.20. The lowest BCUT2D eigenvalue weighted by Crippen LogP contribution is -2.43. The highest BCUT2D eigenvalue weighted by molar-refractivity contribution is 5.41. The molecule has 82 valence electrons. The molecule has 0 saturated heterocycles. The number of hydrogen-bond donors (Lipinski definition) is 0. The van der Waals surface area contributed by atoms with Gasteiger partial charge in [0.2, 0.25) is 0 Å². The standard InChI is InChI=1S/C15H17N/c1-11(2)14-8-9-15(14,10-16)13-6-4-12(3)5-7-13/h4-7,14H,1,8-9H2,2-3H3/t14-,15-/m0/s1. The van der Waals surface area contributed by atoms with Gasteiger partial charge < -0.3 is 0 Å². The second-order valence-electron chi connectivity index (χ2n) is 4.89. The molecule has 16 heavy (non-hydrogen) atoms. The second-order valence-corrected chi connectivity index (χ2v) is 4.89. The smallest absolute Gasteiger partial charge is 0.0887 e. The summed E-state index contributed by atoms with van der Waals surface area (Å²) in [5, 5.41) is 9.49. The van der Waals surface area contributed by atoms with Gasteiger partial charge >= 0.3 is 0 Å². The number of aryl methyl sites for hydroxylation is 1. The fraction of sp³-hybridized carbons (Fsp3) is 0.400. The Hall–Kier alpha value is -1.55. The van der Waals surface area contributed by atoms with Crippen LogP contribution in [0.3, 0.4) is 0 Å². The molecular weight excluding hydrogens is 194 g/mol. The molecule has 1 aromatic rings. The van der Waals surface area contributed by atoms with Crippen LogP contribution in [-0.2, 0) is 5.41 Å². The molecule has 0 aliphatic heterocycles. The maximum Gasteiger partial charge on any atom is 0.0887 e. The van der Waals surface area contributed by atoms with Crippen LogP contribution >= 0.6 is 0 Å². The van der Waals surface area contributed by atoms with Gasteiger partial charge in [0.05, 0.1) is 11.5 Å². The van der Waals surface area contributed by atoms with E-state index >= 15 is 0 Å². The van der Waals surface area contributed by atoms with E-state index < -0.39 is 0 Å². The maximum atomic E-state index is 9.49. The Kier molecular flexibility index (Phi) is 2.59. The van der Waals surface area contributed by atoms with Crippen LogP contribution in [0.25, 0.3) is 0 Å². The fourth-order valence-corrected chi connectivity index (χ4v) is 2.64. The summed E-state index contributed by atoms with van der Waals surface area (Å²) in [7, 11) is 0. The van der Waals surface area contributed by atoms with Gasteiger partial charge in [-0.2, -0.15) is 5.26 Å². The van der Waals surface area contributed by atoms with Crippen molar-refractivity contribution in [1.29, 1.82) is 5.26 Å². The zero-order chi connectivity index (χ0) is 11.8. The molecule has 1 fully saturated rings. The van der Waals surface area contributed by atoms with E-state index in [1.54, 1.807) is 0 Å². The predicted octanol–water partition coefficient (Wildman–Crippen LogP) is 3.74. The molecule has 2 atom stereocenters. The average molecular weight is 211 g/mol. The minimum atomic E-state index is -0.306. The minimum absolute atomic E-state index is 0.306. The lowest BCUT2D eigenvalue weighted by Gasteiger charge is -2.45. The van der Waals surface area contributed by atoms with Crippen LogP contribution in [0.15, 0.2) is 36.4 Å². The largest absolute Gasteiger partial charge is 0.197 e. The zero-order valence-corrected chi connectivity index (χ0v) is 9.96. The Morgan fingerprint density at radius 2 is 2.06 bits per heavy atom. The van der Waals surface area contributed by atoms with Gasteiger partial charge in [0, 0.05) is 5.92 Å². The Morgan fingerprint density at radius 3 is 2.44 bits per heavy atom. The molecule has 1 aliphatic rings. The summed E-state index contributed by atoms with van der Waals surface area (Å²) >= 11 is 0.